The Labute approximate surface area is 222 Å². The fourth-order valence-corrected chi connectivity index (χ4v) is 5.43. The van der Waals surface area contributed by atoms with Crippen LogP contribution in [0, 0.1) is 5.82 Å². The summed E-state index contributed by atoms with van der Waals surface area (Å²) in [4.78, 5) is 29.5. The van der Waals surface area contributed by atoms with Crippen molar-refractivity contribution in [2.75, 3.05) is 12.4 Å². The van der Waals surface area contributed by atoms with Crippen LogP contribution in [0.15, 0.2) is 82.9 Å². The fourth-order valence-electron chi connectivity index (χ4n) is 4.17. The number of carbonyl (C=O) groups is 2. The van der Waals surface area contributed by atoms with Crippen molar-refractivity contribution in [2.24, 2.45) is 10.1 Å². The Bertz CT molecular complexity index is 1410. The Morgan fingerprint density at radius 3 is 2.68 bits per heavy atom. The zero-order valence-electron chi connectivity index (χ0n) is 19.7. The van der Waals surface area contributed by atoms with Gasteiger partial charge in [0.15, 0.2) is 5.17 Å². The van der Waals surface area contributed by atoms with E-state index in [1.807, 2.05) is 42.5 Å². The zero-order chi connectivity index (χ0) is 25.9. The molecule has 37 heavy (non-hydrogen) atoms. The molecule has 0 saturated heterocycles. The minimum atomic E-state index is -0.705. The van der Waals surface area contributed by atoms with E-state index in [1.54, 1.807) is 24.3 Å². The number of aliphatic imine (C=N–C) groups is 1. The lowest BCUT2D eigenvalue weighted by Gasteiger charge is -2.23. The molecule has 0 aromatic heterocycles. The minimum absolute atomic E-state index is 0.0995. The predicted octanol–water partition coefficient (Wildman–Crippen LogP) is 5.67. The Kier molecular flexibility index (Phi) is 7.25. The molecule has 10 heteroatoms. The van der Waals surface area contributed by atoms with Gasteiger partial charge < -0.3 is 10.1 Å². The van der Waals surface area contributed by atoms with Crippen LogP contribution in [0.3, 0.4) is 0 Å². The van der Waals surface area contributed by atoms with Crippen LogP contribution in [0.25, 0.3) is 0 Å². The molecule has 2 amide bonds. The van der Waals surface area contributed by atoms with E-state index in [1.165, 1.54) is 30.0 Å². The molecular formula is C27H22ClFN4O3S. The second-order valence-electron chi connectivity index (χ2n) is 8.50. The molecule has 2 heterocycles. The topological polar surface area (TPSA) is 83.4 Å². The summed E-state index contributed by atoms with van der Waals surface area (Å²) in [6.45, 7) is 0. The van der Waals surface area contributed by atoms with Gasteiger partial charge in [-0.3, -0.25) is 9.59 Å². The molecule has 3 aromatic carbocycles. The highest BCUT2D eigenvalue weighted by atomic mass is 35.5. The number of hydrazone groups is 1. The van der Waals surface area contributed by atoms with E-state index >= 15 is 0 Å². The molecule has 0 fully saturated rings. The van der Waals surface area contributed by atoms with Gasteiger partial charge in [-0.25, -0.2) is 9.40 Å². The number of anilines is 1. The molecule has 2 aliphatic heterocycles. The van der Waals surface area contributed by atoms with E-state index in [-0.39, 0.29) is 12.5 Å². The number of nitrogens with one attached hydrogen (secondary N) is 1. The van der Waals surface area contributed by atoms with E-state index in [9.17, 15) is 14.0 Å². The summed E-state index contributed by atoms with van der Waals surface area (Å²) >= 11 is 7.47. The smallest absolute Gasteiger partial charge is 0.262 e. The number of nitrogens with zero attached hydrogens (tertiary/aromatic N) is 3. The van der Waals surface area contributed by atoms with Gasteiger partial charge in [0.25, 0.3) is 5.91 Å². The largest absolute Gasteiger partial charge is 0.497 e. The highest BCUT2D eigenvalue weighted by Gasteiger charge is 2.39. The number of benzene rings is 3. The van der Waals surface area contributed by atoms with Gasteiger partial charge in [0.2, 0.25) is 5.91 Å². The first-order chi connectivity index (χ1) is 17.9. The number of rotatable bonds is 6. The van der Waals surface area contributed by atoms with E-state index in [4.69, 9.17) is 21.4 Å². The summed E-state index contributed by atoms with van der Waals surface area (Å²) in [5, 5.41) is 9.51. The summed E-state index contributed by atoms with van der Waals surface area (Å²) in [6.07, 6.45) is 0.475. The van der Waals surface area contributed by atoms with Crippen molar-refractivity contribution in [3.8, 4) is 5.75 Å². The average molecular weight is 537 g/mol. The van der Waals surface area contributed by atoms with Gasteiger partial charge in [-0.1, -0.05) is 41.6 Å². The van der Waals surface area contributed by atoms with Crippen molar-refractivity contribution in [2.45, 2.75) is 24.1 Å². The number of amides is 2. The summed E-state index contributed by atoms with van der Waals surface area (Å²) < 4.78 is 18.7. The number of thioether (sulfide) groups is 1. The second kappa shape index (κ2) is 10.7. The van der Waals surface area contributed by atoms with Gasteiger partial charge in [-0.15, -0.1) is 0 Å². The standard InChI is InChI=1S/C27H22ClFN4O3S/c1-36-21-10-8-16(9-11-21)22-14-23(17-4-2-5-18(28)12-17)33(32-22)27-31-26(35)24(37-27)15-25(34)30-20-7-3-6-19(29)13-20/h2-13,23-24H,14-15H2,1H3,(H,30,34)/t23-,24-/m0/s1. The van der Waals surface area contributed by atoms with Crippen molar-refractivity contribution in [3.63, 3.8) is 0 Å². The Morgan fingerprint density at radius 1 is 1.16 bits per heavy atom. The summed E-state index contributed by atoms with van der Waals surface area (Å²) in [5.41, 5.74) is 3.02. The number of hydrogen-bond acceptors (Lipinski definition) is 6. The molecule has 0 bridgehead atoms. The van der Waals surface area contributed by atoms with Gasteiger partial charge in [-0.05, 0) is 65.7 Å². The number of carbonyl (C=O) groups excluding carboxylic acids is 2. The lowest BCUT2D eigenvalue weighted by molar-refractivity contribution is -0.121. The van der Waals surface area contributed by atoms with Crippen molar-refractivity contribution >= 4 is 51.7 Å². The molecule has 188 valence electrons. The van der Waals surface area contributed by atoms with E-state index in [0.29, 0.717) is 22.3 Å². The van der Waals surface area contributed by atoms with E-state index in [0.717, 1.165) is 22.6 Å². The van der Waals surface area contributed by atoms with Crippen LogP contribution in [0.1, 0.15) is 30.0 Å². The third kappa shape index (κ3) is 5.68. The maximum atomic E-state index is 13.4. The van der Waals surface area contributed by atoms with Crippen molar-refractivity contribution in [1.29, 1.82) is 0 Å². The normalized spacial score (nSPS) is 19.0. The molecule has 7 nitrogen and oxygen atoms in total. The van der Waals surface area contributed by atoms with Crippen molar-refractivity contribution < 1.29 is 18.7 Å². The highest BCUT2D eigenvalue weighted by Crippen LogP contribution is 2.39. The fraction of sp³-hybridized carbons (Fsp3) is 0.185. The Morgan fingerprint density at radius 2 is 1.95 bits per heavy atom. The molecule has 0 unspecified atom stereocenters. The molecule has 2 aliphatic rings. The van der Waals surface area contributed by atoms with Crippen molar-refractivity contribution in [1.82, 2.24) is 5.01 Å². The number of amidine groups is 1. The third-order valence-corrected chi connectivity index (χ3v) is 7.35. The Hall–Kier alpha value is -3.69. The molecule has 3 aromatic rings. The number of hydrogen-bond donors (Lipinski definition) is 1. The molecule has 0 aliphatic carbocycles. The monoisotopic (exact) mass is 536 g/mol. The molecule has 1 N–H and O–H groups in total. The number of methoxy groups -OCH3 is 1. The number of ether oxygens (including phenoxy) is 1. The predicted molar refractivity (Wildman–Crippen MR) is 144 cm³/mol. The van der Waals surface area contributed by atoms with Gasteiger partial charge in [-0.2, -0.15) is 10.1 Å². The second-order valence-corrected chi connectivity index (χ2v) is 10.1. The Balaban J connectivity index is 1.36. The van der Waals surface area contributed by atoms with Crippen LogP contribution < -0.4 is 10.1 Å². The lowest BCUT2D eigenvalue weighted by atomic mass is 9.98. The molecule has 0 spiro atoms. The maximum Gasteiger partial charge on any atom is 0.262 e. The van der Waals surface area contributed by atoms with Gasteiger partial charge in [0.05, 0.1) is 18.9 Å². The molecule has 0 radical (unpaired) electrons. The summed E-state index contributed by atoms with van der Waals surface area (Å²) in [7, 11) is 1.61. The van der Waals surface area contributed by atoms with Crippen LogP contribution in [-0.4, -0.2) is 40.1 Å². The first-order valence-corrected chi connectivity index (χ1v) is 12.8. The summed E-state index contributed by atoms with van der Waals surface area (Å²) in [5.74, 6) is -0.525. The van der Waals surface area contributed by atoms with Crippen LogP contribution in [0.5, 0.6) is 5.75 Å². The van der Waals surface area contributed by atoms with Gasteiger partial charge in [0, 0.05) is 23.6 Å². The summed E-state index contributed by atoms with van der Waals surface area (Å²) in [6, 6.07) is 20.5. The average Bonchev–Trinajstić information content (AvgIpc) is 3.48. The zero-order valence-corrected chi connectivity index (χ0v) is 21.3. The van der Waals surface area contributed by atoms with Gasteiger partial charge >= 0.3 is 0 Å². The molecule has 5 rings (SSSR count). The van der Waals surface area contributed by atoms with E-state index in [2.05, 4.69) is 10.3 Å². The highest BCUT2D eigenvalue weighted by molar-refractivity contribution is 8.15. The molecule has 0 saturated carbocycles. The van der Waals surface area contributed by atoms with Crippen LogP contribution in [0.4, 0.5) is 10.1 Å². The maximum absolute atomic E-state index is 13.4. The van der Waals surface area contributed by atoms with Crippen LogP contribution in [-0.2, 0) is 9.59 Å². The van der Waals surface area contributed by atoms with Crippen LogP contribution >= 0.6 is 23.4 Å². The minimum Gasteiger partial charge on any atom is -0.497 e. The third-order valence-electron chi connectivity index (χ3n) is 5.97. The van der Waals surface area contributed by atoms with E-state index < -0.39 is 22.9 Å². The van der Waals surface area contributed by atoms with Crippen molar-refractivity contribution in [3.05, 3.63) is 94.8 Å². The first-order valence-electron chi connectivity index (χ1n) is 11.5. The molecule has 2 atom stereocenters. The first kappa shape index (κ1) is 25.0. The quantitative estimate of drug-likeness (QED) is 0.439. The van der Waals surface area contributed by atoms with Crippen LogP contribution in [0.2, 0.25) is 5.02 Å². The molecular weight excluding hydrogens is 515 g/mol. The van der Waals surface area contributed by atoms with Gasteiger partial charge in [0.1, 0.15) is 16.8 Å². The number of halogens is 2. The lowest BCUT2D eigenvalue weighted by Crippen LogP contribution is -2.25. The SMILES string of the molecule is COc1ccc(C2=NN(C3=NC(=O)[C@H](CC(=O)Nc4cccc(F)c4)S3)[C@H](c3cccc(Cl)c3)C2)cc1.